The predicted molar refractivity (Wildman–Crippen MR) is 119 cm³/mol. The zero-order valence-electron chi connectivity index (χ0n) is 17.0. The van der Waals surface area contributed by atoms with Crippen LogP contribution in [-0.4, -0.2) is 33.4 Å². The quantitative estimate of drug-likeness (QED) is 0.531. The molecule has 4 rings (SSSR count). The maximum Gasteiger partial charge on any atom is 0.333 e. The molecule has 33 heavy (non-hydrogen) atoms. The number of imide groups is 1. The van der Waals surface area contributed by atoms with Crippen molar-refractivity contribution in [1.29, 1.82) is 0 Å². The molecule has 2 aromatic carbocycles. The van der Waals surface area contributed by atoms with Crippen LogP contribution in [0.4, 0.5) is 20.6 Å². The molecule has 3 aromatic rings. The highest BCUT2D eigenvalue weighted by atomic mass is 32.2. The van der Waals surface area contributed by atoms with Gasteiger partial charge in [0, 0.05) is 11.3 Å². The van der Waals surface area contributed by atoms with E-state index in [4.69, 9.17) is 4.74 Å². The van der Waals surface area contributed by atoms with Gasteiger partial charge in [-0.1, -0.05) is 6.07 Å². The van der Waals surface area contributed by atoms with E-state index in [-0.39, 0.29) is 27.6 Å². The Kier molecular flexibility index (Phi) is 5.87. The Morgan fingerprint density at radius 3 is 2.61 bits per heavy atom. The van der Waals surface area contributed by atoms with Gasteiger partial charge in [-0.3, -0.25) is 9.59 Å². The summed E-state index contributed by atoms with van der Waals surface area (Å²) in [7, 11) is -2.60. The molecule has 0 bridgehead atoms. The summed E-state index contributed by atoms with van der Waals surface area (Å²) in [4.78, 5) is 38.3. The number of carbonyl (C=O) groups is 3. The van der Waals surface area contributed by atoms with E-state index in [1.54, 1.807) is 17.5 Å². The van der Waals surface area contributed by atoms with Crippen LogP contribution in [-0.2, 0) is 21.2 Å². The number of hydrogen-bond acceptors (Lipinski definition) is 7. The average Bonchev–Trinajstić information content (AvgIpc) is 3.30. The topological polar surface area (TPSA) is 122 Å². The van der Waals surface area contributed by atoms with Gasteiger partial charge in [-0.25, -0.2) is 27.2 Å². The van der Waals surface area contributed by atoms with E-state index >= 15 is 0 Å². The second-order valence-electron chi connectivity index (χ2n) is 6.89. The summed E-state index contributed by atoms with van der Waals surface area (Å²) in [6, 6.07) is 9.69. The van der Waals surface area contributed by atoms with E-state index < -0.39 is 33.7 Å². The van der Waals surface area contributed by atoms with Crippen molar-refractivity contribution in [2.24, 2.45) is 0 Å². The van der Waals surface area contributed by atoms with Crippen molar-refractivity contribution in [1.82, 2.24) is 4.72 Å². The van der Waals surface area contributed by atoms with Crippen LogP contribution < -0.4 is 19.7 Å². The van der Waals surface area contributed by atoms with Gasteiger partial charge in [0.1, 0.15) is 15.8 Å². The molecule has 0 saturated heterocycles. The smallest absolute Gasteiger partial charge is 0.333 e. The molecule has 0 spiro atoms. The van der Waals surface area contributed by atoms with Gasteiger partial charge in [0.25, 0.3) is 15.9 Å². The average molecular weight is 490 g/mol. The molecule has 0 radical (unpaired) electrons. The fourth-order valence-electron chi connectivity index (χ4n) is 3.28. The van der Waals surface area contributed by atoms with Crippen molar-refractivity contribution >= 4 is 50.6 Å². The normalized spacial score (nSPS) is 13.5. The van der Waals surface area contributed by atoms with Crippen LogP contribution in [0.1, 0.15) is 15.9 Å². The number of fused-ring (bicyclic) bond motifs is 1. The minimum absolute atomic E-state index is 0.0563. The molecule has 0 fully saturated rings. The molecule has 0 unspecified atom stereocenters. The second-order valence-corrected chi connectivity index (χ2v) is 9.75. The van der Waals surface area contributed by atoms with Gasteiger partial charge < -0.3 is 10.1 Å². The second kappa shape index (κ2) is 8.64. The van der Waals surface area contributed by atoms with Crippen molar-refractivity contribution in [3.63, 3.8) is 0 Å². The minimum atomic E-state index is -4.06. The van der Waals surface area contributed by atoms with Crippen LogP contribution in [0.3, 0.4) is 0 Å². The fourth-order valence-corrected chi connectivity index (χ4v) is 5.18. The van der Waals surface area contributed by atoms with E-state index in [0.717, 1.165) is 28.4 Å². The Balaban J connectivity index is 1.53. The van der Waals surface area contributed by atoms with Crippen LogP contribution in [0.2, 0.25) is 0 Å². The number of sulfonamides is 1. The Labute approximate surface area is 191 Å². The molecule has 12 heteroatoms. The van der Waals surface area contributed by atoms with Crippen molar-refractivity contribution < 1.29 is 31.9 Å². The molecule has 4 amide bonds. The number of nitrogens with zero attached hydrogens (tertiary/aromatic N) is 1. The lowest BCUT2D eigenvalue weighted by molar-refractivity contribution is -0.117. The number of thiophene rings is 1. The van der Waals surface area contributed by atoms with Crippen LogP contribution >= 0.6 is 11.3 Å². The Morgan fingerprint density at radius 2 is 1.94 bits per heavy atom. The first-order valence-electron chi connectivity index (χ1n) is 9.40. The highest BCUT2D eigenvalue weighted by Gasteiger charge is 2.34. The Morgan fingerprint density at radius 1 is 1.15 bits per heavy atom. The number of halogens is 1. The molecule has 9 nitrogen and oxygen atoms in total. The van der Waals surface area contributed by atoms with E-state index in [0.29, 0.717) is 11.3 Å². The van der Waals surface area contributed by atoms with Crippen LogP contribution in [0.5, 0.6) is 5.75 Å². The zero-order chi connectivity index (χ0) is 23.8. The lowest BCUT2D eigenvalue weighted by atomic mass is 9.97. The maximum atomic E-state index is 14.8. The first kappa shape index (κ1) is 22.4. The van der Waals surface area contributed by atoms with Gasteiger partial charge in [-0.2, -0.15) is 0 Å². The Bertz CT molecular complexity index is 1370. The van der Waals surface area contributed by atoms with Crippen molar-refractivity contribution in [2.45, 2.75) is 10.6 Å². The third-order valence-electron chi connectivity index (χ3n) is 4.77. The molecule has 0 aliphatic carbocycles. The third kappa shape index (κ3) is 4.43. The number of nitrogens with one attached hydrogen (secondary N) is 2. The summed E-state index contributed by atoms with van der Waals surface area (Å²) in [6.45, 7) is 0. The summed E-state index contributed by atoms with van der Waals surface area (Å²) >= 11 is 0.929. The highest BCUT2D eigenvalue weighted by Crippen LogP contribution is 2.31. The zero-order valence-corrected chi connectivity index (χ0v) is 18.6. The summed E-state index contributed by atoms with van der Waals surface area (Å²) in [6.07, 6.45) is -0.124. The first-order valence-corrected chi connectivity index (χ1v) is 11.8. The van der Waals surface area contributed by atoms with Gasteiger partial charge in [0.05, 0.1) is 19.2 Å². The molecule has 1 aliphatic heterocycles. The van der Waals surface area contributed by atoms with Gasteiger partial charge in [0.15, 0.2) is 0 Å². The molecular weight excluding hydrogens is 473 g/mol. The number of ether oxygens (including phenoxy) is 1. The fraction of sp³-hybridized carbons (Fsp3) is 0.0952. The lowest BCUT2D eigenvalue weighted by Gasteiger charge is -2.27. The summed E-state index contributed by atoms with van der Waals surface area (Å²) in [5.41, 5.74) is 0.360. The molecule has 2 N–H and O–H groups in total. The van der Waals surface area contributed by atoms with E-state index in [1.807, 2.05) is 4.72 Å². The SMILES string of the molecule is COc1ccc2c(c1)CC(=O)N(c1ccc(NC(=O)NS(=O)(=O)c3cccs3)cc1F)C2=O. The molecule has 170 valence electrons. The minimum Gasteiger partial charge on any atom is -0.497 e. The van der Waals surface area contributed by atoms with Gasteiger partial charge in [-0.15, -0.1) is 11.3 Å². The third-order valence-corrected chi connectivity index (χ3v) is 7.50. The number of hydrogen-bond donors (Lipinski definition) is 2. The standard InChI is InChI=1S/C21H16FN3O6S2/c1-31-14-5-6-15-12(9-14)10-18(26)25(20(15)27)17-7-4-13(11-16(17)22)23-21(28)24-33(29,30)19-3-2-8-32-19/h2-9,11H,10H2,1H3,(H2,23,24,28). The Hall–Kier alpha value is -3.77. The molecule has 1 aliphatic rings. The number of amides is 4. The number of benzene rings is 2. The number of methoxy groups -OCH3 is 1. The van der Waals surface area contributed by atoms with Crippen LogP contribution in [0.25, 0.3) is 0 Å². The highest BCUT2D eigenvalue weighted by molar-refractivity contribution is 7.92. The first-order chi connectivity index (χ1) is 15.7. The van der Waals surface area contributed by atoms with E-state index in [9.17, 15) is 27.2 Å². The number of rotatable bonds is 5. The van der Waals surface area contributed by atoms with Crippen LogP contribution in [0.15, 0.2) is 58.1 Å². The van der Waals surface area contributed by atoms with E-state index in [2.05, 4.69) is 5.32 Å². The largest absolute Gasteiger partial charge is 0.497 e. The van der Waals surface area contributed by atoms with Crippen molar-refractivity contribution in [2.75, 3.05) is 17.3 Å². The van der Waals surface area contributed by atoms with Crippen LogP contribution in [0, 0.1) is 5.82 Å². The molecule has 0 saturated carbocycles. The number of carbonyl (C=O) groups excluding carboxylic acids is 3. The molecular formula is C21H16FN3O6S2. The van der Waals surface area contributed by atoms with E-state index in [1.165, 1.54) is 31.4 Å². The van der Waals surface area contributed by atoms with Gasteiger partial charge in [-0.05, 0) is 53.4 Å². The lowest BCUT2D eigenvalue weighted by Crippen LogP contribution is -2.43. The molecule has 2 heterocycles. The predicted octanol–water partition coefficient (Wildman–Crippen LogP) is 3.14. The monoisotopic (exact) mass is 489 g/mol. The van der Waals surface area contributed by atoms with Crippen molar-refractivity contribution in [3.05, 3.63) is 70.9 Å². The number of anilines is 2. The summed E-state index contributed by atoms with van der Waals surface area (Å²) < 4.78 is 45.9. The molecule has 1 aromatic heterocycles. The molecule has 0 atom stereocenters. The number of urea groups is 1. The van der Waals surface area contributed by atoms with Gasteiger partial charge >= 0.3 is 6.03 Å². The summed E-state index contributed by atoms with van der Waals surface area (Å²) in [5.74, 6) is -1.78. The van der Waals surface area contributed by atoms with Crippen molar-refractivity contribution in [3.8, 4) is 5.75 Å². The van der Waals surface area contributed by atoms with Gasteiger partial charge in [0.2, 0.25) is 5.91 Å². The maximum absolute atomic E-state index is 14.8. The summed E-state index contributed by atoms with van der Waals surface area (Å²) in [5, 5.41) is 3.76.